The summed E-state index contributed by atoms with van der Waals surface area (Å²) in [5, 5.41) is 0. The van der Waals surface area contributed by atoms with Crippen molar-refractivity contribution < 1.29 is 23.8 Å². The third-order valence-electron chi connectivity index (χ3n) is 4.31. The van der Waals surface area contributed by atoms with Gasteiger partial charge in [-0.25, -0.2) is 4.79 Å². The van der Waals surface area contributed by atoms with Crippen molar-refractivity contribution in [3.05, 3.63) is 59.2 Å². The molecule has 0 aliphatic carbocycles. The molecule has 0 radical (unpaired) electrons. The van der Waals surface area contributed by atoms with E-state index in [0.29, 0.717) is 31.1 Å². The number of thioether (sulfide) groups is 1. The van der Waals surface area contributed by atoms with E-state index in [-0.39, 0.29) is 12.5 Å². The van der Waals surface area contributed by atoms with Crippen molar-refractivity contribution in [3.63, 3.8) is 0 Å². The number of hydrogen-bond acceptors (Lipinski definition) is 6. The molecule has 0 unspecified atom stereocenters. The lowest BCUT2D eigenvalue weighted by molar-refractivity contribution is -0.133. The van der Waals surface area contributed by atoms with E-state index in [9.17, 15) is 9.59 Å². The Morgan fingerprint density at radius 2 is 1.83 bits per heavy atom. The van der Waals surface area contributed by atoms with Crippen LogP contribution in [-0.4, -0.2) is 50.4 Å². The van der Waals surface area contributed by atoms with Gasteiger partial charge in [0.2, 0.25) is 0 Å². The largest absolute Gasteiger partial charge is 0.496 e. The predicted octanol–water partition coefficient (Wildman–Crippen LogP) is 3.77. The highest BCUT2D eigenvalue weighted by Gasteiger charge is 2.15. The molecule has 0 bridgehead atoms. The maximum absolute atomic E-state index is 12.3. The third-order valence-corrected chi connectivity index (χ3v) is 5.05. The number of benzene rings is 2. The lowest BCUT2D eigenvalue weighted by atomic mass is 10.1. The van der Waals surface area contributed by atoms with Crippen LogP contribution in [0.25, 0.3) is 0 Å². The van der Waals surface area contributed by atoms with Gasteiger partial charge < -0.3 is 19.1 Å². The maximum Gasteiger partial charge on any atom is 0.338 e. The van der Waals surface area contributed by atoms with Crippen LogP contribution in [0.1, 0.15) is 28.4 Å². The maximum atomic E-state index is 12.3. The number of esters is 1. The van der Waals surface area contributed by atoms with Crippen molar-refractivity contribution >= 4 is 23.6 Å². The molecule has 29 heavy (non-hydrogen) atoms. The molecule has 0 aliphatic rings. The molecule has 0 fully saturated rings. The van der Waals surface area contributed by atoms with E-state index in [4.69, 9.17) is 14.2 Å². The molecule has 2 rings (SSSR count). The highest BCUT2D eigenvalue weighted by Crippen LogP contribution is 2.21. The monoisotopic (exact) mass is 417 g/mol. The smallest absolute Gasteiger partial charge is 0.338 e. The van der Waals surface area contributed by atoms with Crippen LogP contribution in [0.15, 0.2) is 47.4 Å². The van der Waals surface area contributed by atoms with Gasteiger partial charge in [-0.3, -0.25) is 4.79 Å². The zero-order valence-corrected chi connectivity index (χ0v) is 18.1. The third kappa shape index (κ3) is 6.80. The van der Waals surface area contributed by atoms with Crippen molar-refractivity contribution in [1.82, 2.24) is 4.90 Å². The molecule has 2 aromatic carbocycles. The Balaban J connectivity index is 1.92. The minimum absolute atomic E-state index is 0.268. The quantitative estimate of drug-likeness (QED) is 0.433. The highest BCUT2D eigenvalue weighted by molar-refractivity contribution is 7.98. The summed E-state index contributed by atoms with van der Waals surface area (Å²) in [5.41, 5.74) is 2.12. The minimum atomic E-state index is -0.559. The molecule has 6 nitrogen and oxygen atoms in total. The van der Waals surface area contributed by atoms with Crippen molar-refractivity contribution in [3.8, 4) is 5.75 Å². The molecule has 0 atom stereocenters. The van der Waals surface area contributed by atoms with Gasteiger partial charge in [-0.1, -0.05) is 12.1 Å². The summed E-state index contributed by atoms with van der Waals surface area (Å²) >= 11 is 1.67. The fraction of sp³-hybridized carbons (Fsp3) is 0.364. The van der Waals surface area contributed by atoms with E-state index in [1.54, 1.807) is 44.1 Å². The van der Waals surface area contributed by atoms with Crippen molar-refractivity contribution in [2.24, 2.45) is 0 Å². The molecular weight excluding hydrogens is 390 g/mol. The molecular formula is C22H27NO5S. The number of nitrogens with zero attached hydrogens (tertiary/aromatic N) is 1. The van der Waals surface area contributed by atoms with Crippen LogP contribution >= 0.6 is 11.8 Å². The zero-order chi connectivity index (χ0) is 21.2. The second kappa shape index (κ2) is 11.5. The number of ether oxygens (including phenoxy) is 3. The Morgan fingerprint density at radius 3 is 2.45 bits per heavy atom. The average molecular weight is 418 g/mol. The Kier molecular flexibility index (Phi) is 9.02. The minimum Gasteiger partial charge on any atom is -0.496 e. The van der Waals surface area contributed by atoms with E-state index >= 15 is 0 Å². The van der Waals surface area contributed by atoms with E-state index in [2.05, 4.69) is 0 Å². The first-order valence-electron chi connectivity index (χ1n) is 9.27. The first kappa shape index (κ1) is 22.8. The number of carbonyl (C=O) groups is 2. The Hall–Kier alpha value is -2.51. The first-order valence-corrected chi connectivity index (χ1v) is 10.5. The van der Waals surface area contributed by atoms with Gasteiger partial charge in [0.1, 0.15) is 5.75 Å². The van der Waals surface area contributed by atoms with Crippen LogP contribution in [0.5, 0.6) is 5.75 Å². The lowest BCUT2D eigenvalue weighted by Gasteiger charge is -2.17. The van der Waals surface area contributed by atoms with Crippen LogP contribution in [0.3, 0.4) is 0 Å². The average Bonchev–Trinajstić information content (AvgIpc) is 2.75. The Morgan fingerprint density at radius 1 is 1.10 bits per heavy atom. The van der Waals surface area contributed by atoms with Gasteiger partial charge in [0.25, 0.3) is 5.91 Å². The van der Waals surface area contributed by atoms with Crippen molar-refractivity contribution in [1.29, 1.82) is 0 Å². The van der Waals surface area contributed by atoms with Crippen LogP contribution in [0.2, 0.25) is 0 Å². The normalized spacial score (nSPS) is 10.5. The van der Waals surface area contributed by atoms with E-state index < -0.39 is 5.97 Å². The fourth-order valence-electron chi connectivity index (χ4n) is 2.64. The molecule has 0 spiro atoms. The zero-order valence-electron chi connectivity index (χ0n) is 17.3. The molecule has 0 aromatic heterocycles. The van der Waals surface area contributed by atoms with Gasteiger partial charge >= 0.3 is 5.97 Å². The van der Waals surface area contributed by atoms with Crippen molar-refractivity contribution in [2.75, 3.05) is 33.6 Å². The molecule has 0 heterocycles. The van der Waals surface area contributed by atoms with Crippen LogP contribution in [0.4, 0.5) is 0 Å². The van der Waals surface area contributed by atoms with Crippen LogP contribution < -0.4 is 4.74 Å². The summed E-state index contributed by atoms with van der Waals surface area (Å²) in [6, 6.07) is 13.0. The molecule has 0 aliphatic heterocycles. The first-order chi connectivity index (χ1) is 14.0. The summed E-state index contributed by atoms with van der Waals surface area (Å²) in [6.07, 6.45) is 2.02. The van der Waals surface area contributed by atoms with Gasteiger partial charge in [0.15, 0.2) is 6.61 Å². The highest BCUT2D eigenvalue weighted by atomic mass is 32.2. The second-order valence-electron chi connectivity index (χ2n) is 6.34. The van der Waals surface area contributed by atoms with E-state index in [0.717, 1.165) is 11.1 Å². The fourth-order valence-corrected chi connectivity index (χ4v) is 3.05. The topological polar surface area (TPSA) is 65.1 Å². The van der Waals surface area contributed by atoms with Crippen LogP contribution in [0, 0.1) is 0 Å². The number of methoxy groups -OCH3 is 1. The number of rotatable bonds is 10. The van der Waals surface area contributed by atoms with Gasteiger partial charge in [0.05, 0.1) is 19.3 Å². The Labute approximate surface area is 176 Å². The molecule has 0 saturated heterocycles. The number of carbonyl (C=O) groups excluding carboxylic acids is 2. The molecule has 7 heteroatoms. The van der Waals surface area contributed by atoms with E-state index in [1.807, 2.05) is 37.4 Å². The molecule has 2 aromatic rings. The number of likely N-dealkylation sites (N-methyl/N-ethyl adjacent to an activating group) is 1. The van der Waals surface area contributed by atoms with Gasteiger partial charge in [-0.15, -0.1) is 11.8 Å². The van der Waals surface area contributed by atoms with Gasteiger partial charge in [-0.05, 0) is 49.1 Å². The summed E-state index contributed by atoms with van der Waals surface area (Å²) < 4.78 is 15.9. The Bertz CT molecular complexity index is 822. The van der Waals surface area contributed by atoms with Gasteiger partial charge in [0, 0.05) is 30.7 Å². The lowest BCUT2D eigenvalue weighted by Crippen LogP contribution is -2.30. The standard InChI is InChI=1S/C22H27NO5S/c1-5-27-14-18-12-17(8-11-20(18)26-3)22(25)28-15-21(24)23(2)13-16-6-9-19(29-4)10-7-16/h6-12H,5,13-15H2,1-4H3. The summed E-state index contributed by atoms with van der Waals surface area (Å²) in [4.78, 5) is 27.4. The van der Waals surface area contributed by atoms with Crippen molar-refractivity contribution in [2.45, 2.75) is 25.0 Å². The van der Waals surface area contributed by atoms with Gasteiger partial charge in [-0.2, -0.15) is 0 Å². The molecule has 0 N–H and O–H groups in total. The molecule has 1 amide bonds. The molecule has 156 valence electrons. The summed E-state index contributed by atoms with van der Waals surface area (Å²) in [7, 11) is 3.25. The summed E-state index contributed by atoms with van der Waals surface area (Å²) in [6.45, 7) is 2.91. The summed E-state index contributed by atoms with van der Waals surface area (Å²) in [5.74, 6) is -0.190. The van der Waals surface area contributed by atoms with Crippen LogP contribution in [-0.2, 0) is 27.4 Å². The number of hydrogen-bond donors (Lipinski definition) is 0. The molecule has 0 saturated carbocycles. The number of amides is 1. The predicted molar refractivity (Wildman–Crippen MR) is 113 cm³/mol. The SMILES string of the molecule is CCOCc1cc(C(=O)OCC(=O)N(C)Cc2ccc(SC)cc2)ccc1OC. The van der Waals surface area contributed by atoms with E-state index in [1.165, 1.54) is 9.80 Å². The second-order valence-corrected chi connectivity index (χ2v) is 7.22.